The zero-order valence-electron chi connectivity index (χ0n) is 12.2. The molecule has 0 aliphatic heterocycles. The third-order valence-electron chi connectivity index (χ3n) is 2.99. The maximum Gasteiger partial charge on any atom is 0.326 e. The fraction of sp³-hybridized carbons (Fsp3) is 0.583. The standard InChI is InChI=1S/C12H20N4O5S/c1-2-3-4-10(12(18)19)15-11(17)5-6-16-8-9(7-14-16)22(13,20)21/h7-8,10H,2-6H2,1H3,(H,15,17)(H,18,19)(H2,13,20,21)/t10-/m0/s1. The molecule has 4 N–H and O–H groups in total. The van der Waals surface area contributed by atoms with Crippen molar-refractivity contribution in [1.29, 1.82) is 0 Å². The molecule has 22 heavy (non-hydrogen) atoms. The second-order valence-electron chi connectivity index (χ2n) is 4.83. The molecule has 0 fully saturated rings. The molecule has 0 saturated carbocycles. The number of hydrogen-bond acceptors (Lipinski definition) is 5. The van der Waals surface area contributed by atoms with Gasteiger partial charge in [0.25, 0.3) is 0 Å². The second-order valence-corrected chi connectivity index (χ2v) is 6.40. The van der Waals surface area contributed by atoms with Gasteiger partial charge < -0.3 is 10.4 Å². The average Bonchev–Trinajstić information content (AvgIpc) is 2.89. The number of rotatable bonds is 9. The first-order valence-electron chi connectivity index (χ1n) is 6.81. The van der Waals surface area contributed by atoms with Crippen LogP contribution in [-0.2, 0) is 26.2 Å². The predicted molar refractivity (Wildman–Crippen MR) is 77.3 cm³/mol. The van der Waals surface area contributed by atoms with Crippen molar-refractivity contribution in [3.05, 3.63) is 12.4 Å². The quantitative estimate of drug-likeness (QED) is 0.565. The number of amides is 1. The van der Waals surface area contributed by atoms with Gasteiger partial charge in [0.2, 0.25) is 15.9 Å². The molecule has 1 amide bonds. The van der Waals surface area contributed by atoms with Gasteiger partial charge in [-0.15, -0.1) is 0 Å². The van der Waals surface area contributed by atoms with E-state index in [4.69, 9.17) is 10.2 Å². The molecule has 9 nitrogen and oxygen atoms in total. The number of aryl methyl sites for hydroxylation is 1. The van der Waals surface area contributed by atoms with Crippen LogP contribution in [0.25, 0.3) is 0 Å². The van der Waals surface area contributed by atoms with Crippen LogP contribution in [0.2, 0.25) is 0 Å². The van der Waals surface area contributed by atoms with Crippen LogP contribution in [-0.4, -0.2) is 41.2 Å². The van der Waals surface area contributed by atoms with Crippen LogP contribution >= 0.6 is 0 Å². The first-order valence-corrected chi connectivity index (χ1v) is 8.36. The molecule has 1 aromatic heterocycles. The van der Waals surface area contributed by atoms with Crippen molar-refractivity contribution >= 4 is 21.9 Å². The van der Waals surface area contributed by atoms with Gasteiger partial charge in [0.1, 0.15) is 10.9 Å². The van der Waals surface area contributed by atoms with Crippen molar-refractivity contribution in [2.45, 2.75) is 50.1 Å². The van der Waals surface area contributed by atoms with Crippen LogP contribution in [0, 0.1) is 0 Å². The lowest BCUT2D eigenvalue weighted by Crippen LogP contribution is -2.41. The van der Waals surface area contributed by atoms with Crippen LogP contribution in [0.15, 0.2) is 17.3 Å². The molecule has 1 atom stereocenters. The minimum Gasteiger partial charge on any atom is -0.480 e. The Kier molecular flexibility index (Phi) is 6.50. The Morgan fingerprint density at radius 3 is 2.68 bits per heavy atom. The maximum atomic E-state index is 11.7. The number of aromatic nitrogens is 2. The number of carbonyl (C=O) groups is 2. The van der Waals surface area contributed by atoms with Gasteiger partial charge in [0.05, 0.1) is 6.20 Å². The van der Waals surface area contributed by atoms with E-state index in [1.807, 2.05) is 6.92 Å². The molecule has 0 aromatic carbocycles. The molecule has 1 aromatic rings. The summed E-state index contributed by atoms with van der Waals surface area (Å²) in [7, 11) is -3.82. The Morgan fingerprint density at radius 2 is 2.18 bits per heavy atom. The Balaban J connectivity index is 2.51. The minimum atomic E-state index is -3.82. The smallest absolute Gasteiger partial charge is 0.326 e. The lowest BCUT2D eigenvalue weighted by atomic mass is 10.1. The van der Waals surface area contributed by atoms with E-state index in [-0.39, 0.29) is 17.9 Å². The summed E-state index contributed by atoms with van der Waals surface area (Å²) >= 11 is 0. The van der Waals surface area contributed by atoms with Crippen molar-refractivity contribution in [3.8, 4) is 0 Å². The molecular weight excluding hydrogens is 312 g/mol. The van der Waals surface area contributed by atoms with Gasteiger partial charge in [-0.25, -0.2) is 18.4 Å². The van der Waals surface area contributed by atoms with E-state index in [0.717, 1.165) is 12.6 Å². The summed E-state index contributed by atoms with van der Waals surface area (Å²) in [4.78, 5) is 22.6. The van der Waals surface area contributed by atoms with Gasteiger partial charge in [-0.05, 0) is 6.42 Å². The molecule has 0 aliphatic rings. The first-order chi connectivity index (χ1) is 10.2. The van der Waals surface area contributed by atoms with Crippen LogP contribution < -0.4 is 10.5 Å². The van der Waals surface area contributed by atoms with Crippen LogP contribution in [0.3, 0.4) is 0 Å². The number of aliphatic carboxylic acids is 1. The molecule has 0 aliphatic carbocycles. The number of primary sulfonamides is 1. The Labute approximate surface area is 128 Å². The third kappa shape index (κ3) is 5.82. The third-order valence-corrected chi connectivity index (χ3v) is 3.85. The van der Waals surface area contributed by atoms with Gasteiger partial charge in [-0.1, -0.05) is 19.8 Å². The molecule has 1 rings (SSSR count). The number of unbranched alkanes of at least 4 members (excludes halogenated alkanes) is 1. The summed E-state index contributed by atoms with van der Waals surface area (Å²) in [6.07, 6.45) is 4.21. The molecule has 0 bridgehead atoms. The minimum absolute atomic E-state index is 0.0123. The van der Waals surface area contributed by atoms with Crippen molar-refractivity contribution in [2.24, 2.45) is 5.14 Å². The highest BCUT2D eigenvalue weighted by Gasteiger charge is 2.19. The molecule has 0 saturated heterocycles. The lowest BCUT2D eigenvalue weighted by Gasteiger charge is -2.13. The van der Waals surface area contributed by atoms with Gasteiger partial charge in [-0.3, -0.25) is 9.48 Å². The van der Waals surface area contributed by atoms with E-state index in [2.05, 4.69) is 10.4 Å². The van der Waals surface area contributed by atoms with Crippen molar-refractivity contribution in [1.82, 2.24) is 15.1 Å². The monoisotopic (exact) mass is 332 g/mol. The molecular formula is C12H20N4O5S. The van der Waals surface area contributed by atoms with E-state index in [0.29, 0.717) is 12.8 Å². The predicted octanol–water partition coefficient (Wildman–Crippen LogP) is -0.320. The van der Waals surface area contributed by atoms with Crippen LogP contribution in [0.4, 0.5) is 0 Å². The highest BCUT2D eigenvalue weighted by atomic mass is 32.2. The number of carbonyl (C=O) groups excluding carboxylic acids is 1. The molecule has 0 radical (unpaired) electrons. The van der Waals surface area contributed by atoms with Crippen LogP contribution in [0.5, 0.6) is 0 Å². The zero-order chi connectivity index (χ0) is 16.8. The number of carboxylic acids is 1. The number of nitrogens with two attached hydrogens (primary N) is 1. The summed E-state index contributed by atoms with van der Waals surface area (Å²) < 4.78 is 23.4. The highest BCUT2D eigenvalue weighted by molar-refractivity contribution is 7.89. The normalized spacial score (nSPS) is 12.8. The summed E-state index contributed by atoms with van der Waals surface area (Å²) in [5, 5.41) is 20.2. The van der Waals surface area contributed by atoms with E-state index in [1.54, 1.807) is 0 Å². The first kappa shape index (κ1) is 18.1. The van der Waals surface area contributed by atoms with E-state index >= 15 is 0 Å². The van der Waals surface area contributed by atoms with E-state index in [9.17, 15) is 18.0 Å². The fourth-order valence-electron chi connectivity index (χ4n) is 1.76. The summed E-state index contributed by atoms with van der Waals surface area (Å²) in [5.41, 5.74) is 0. The van der Waals surface area contributed by atoms with Crippen LogP contribution in [0.1, 0.15) is 32.6 Å². The van der Waals surface area contributed by atoms with Gasteiger partial charge in [0, 0.05) is 19.2 Å². The average molecular weight is 332 g/mol. The second kappa shape index (κ2) is 7.90. The van der Waals surface area contributed by atoms with Gasteiger partial charge in [-0.2, -0.15) is 5.10 Å². The molecule has 0 unspecified atom stereocenters. The lowest BCUT2D eigenvalue weighted by molar-refractivity contribution is -0.142. The number of sulfonamides is 1. The number of carboxylic acid groups (broad SMARTS) is 1. The fourth-order valence-corrected chi connectivity index (χ4v) is 2.22. The molecule has 10 heteroatoms. The van der Waals surface area contributed by atoms with Gasteiger partial charge >= 0.3 is 5.97 Å². The maximum absolute atomic E-state index is 11.7. The van der Waals surface area contributed by atoms with Crippen molar-refractivity contribution < 1.29 is 23.1 Å². The SMILES string of the molecule is CCCC[C@H](NC(=O)CCn1cc(S(N)(=O)=O)cn1)C(=O)O. The Hall–Kier alpha value is -1.94. The summed E-state index contributed by atoms with van der Waals surface area (Å²) in [6, 6.07) is -0.912. The zero-order valence-corrected chi connectivity index (χ0v) is 13.0. The summed E-state index contributed by atoms with van der Waals surface area (Å²) in [6.45, 7) is 2.06. The van der Waals surface area contributed by atoms with E-state index < -0.39 is 27.9 Å². The topological polar surface area (TPSA) is 144 Å². The summed E-state index contributed by atoms with van der Waals surface area (Å²) in [5.74, 6) is -1.51. The molecule has 1 heterocycles. The Bertz CT molecular complexity index is 625. The van der Waals surface area contributed by atoms with Gasteiger partial charge in [0.15, 0.2) is 0 Å². The molecule has 0 spiro atoms. The Morgan fingerprint density at radius 1 is 1.50 bits per heavy atom. The number of hydrogen-bond donors (Lipinski definition) is 3. The highest BCUT2D eigenvalue weighted by Crippen LogP contribution is 2.05. The van der Waals surface area contributed by atoms with Crippen molar-refractivity contribution in [3.63, 3.8) is 0 Å². The number of nitrogens with one attached hydrogen (secondary N) is 1. The molecule has 124 valence electrons. The largest absolute Gasteiger partial charge is 0.480 e. The number of nitrogens with zero attached hydrogens (tertiary/aromatic N) is 2. The van der Waals surface area contributed by atoms with E-state index in [1.165, 1.54) is 10.9 Å². The van der Waals surface area contributed by atoms with Crippen molar-refractivity contribution in [2.75, 3.05) is 0 Å².